The first-order chi connectivity index (χ1) is 7.50. The Morgan fingerprint density at radius 1 is 1.56 bits per heavy atom. The number of rotatable bonds is 0. The van der Waals surface area contributed by atoms with E-state index in [2.05, 4.69) is 4.98 Å². The van der Waals surface area contributed by atoms with E-state index in [-0.39, 0.29) is 11.7 Å². The van der Waals surface area contributed by atoms with Gasteiger partial charge in [-0.05, 0) is 13.0 Å². The summed E-state index contributed by atoms with van der Waals surface area (Å²) in [7, 11) is 0. The van der Waals surface area contributed by atoms with Crippen LogP contribution in [0.5, 0.6) is 0 Å². The topological polar surface area (TPSA) is 50.3 Å². The van der Waals surface area contributed by atoms with E-state index in [4.69, 9.17) is 11.6 Å². The van der Waals surface area contributed by atoms with E-state index in [0.717, 1.165) is 0 Å². The molecule has 0 spiro atoms. The molecule has 1 aliphatic rings. The molecule has 0 saturated carbocycles. The number of aryl methyl sites for hydroxylation is 1. The third-order valence-corrected chi connectivity index (χ3v) is 2.84. The standard InChI is InChI=1S/C11H11ClN2O2/c1-6-5-8(12)11-10(13-6)9(16)3-4-14(11)7(2)15/h5H,3-4H2,1-2H3. The van der Waals surface area contributed by atoms with Crippen molar-refractivity contribution in [1.29, 1.82) is 0 Å². The van der Waals surface area contributed by atoms with E-state index >= 15 is 0 Å². The molecular weight excluding hydrogens is 228 g/mol. The van der Waals surface area contributed by atoms with Crippen molar-refractivity contribution in [2.24, 2.45) is 0 Å². The van der Waals surface area contributed by atoms with Crippen molar-refractivity contribution in [3.8, 4) is 0 Å². The Labute approximate surface area is 98.2 Å². The van der Waals surface area contributed by atoms with Gasteiger partial charge in [0.2, 0.25) is 5.91 Å². The van der Waals surface area contributed by atoms with Gasteiger partial charge in [0.05, 0.1) is 10.7 Å². The van der Waals surface area contributed by atoms with Crippen LogP contribution in [-0.4, -0.2) is 23.2 Å². The number of carbonyl (C=O) groups is 2. The third-order valence-electron chi connectivity index (χ3n) is 2.55. The minimum Gasteiger partial charge on any atom is -0.309 e. The highest BCUT2D eigenvalue weighted by atomic mass is 35.5. The van der Waals surface area contributed by atoms with Crippen molar-refractivity contribution in [2.75, 3.05) is 11.4 Å². The molecule has 16 heavy (non-hydrogen) atoms. The molecule has 0 N–H and O–H groups in total. The molecule has 0 fully saturated rings. The Hall–Kier alpha value is -1.42. The number of hydrogen-bond donors (Lipinski definition) is 0. The number of aromatic nitrogens is 1. The monoisotopic (exact) mass is 238 g/mol. The second-order valence-electron chi connectivity index (χ2n) is 3.79. The Morgan fingerprint density at radius 3 is 2.88 bits per heavy atom. The van der Waals surface area contributed by atoms with Crippen LogP contribution in [0, 0.1) is 6.92 Å². The number of fused-ring (bicyclic) bond motifs is 1. The number of carbonyl (C=O) groups excluding carboxylic acids is 2. The van der Waals surface area contributed by atoms with Crippen LogP contribution in [0.25, 0.3) is 0 Å². The highest BCUT2D eigenvalue weighted by Crippen LogP contribution is 2.33. The van der Waals surface area contributed by atoms with E-state index in [1.807, 2.05) is 0 Å². The molecule has 1 amide bonds. The number of anilines is 1. The fraction of sp³-hybridized carbons (Fsp3) is 0.364. The highest BCUT2D eigenvalue weighted by molar-refractivity contribution is 6.35. The summed E-state index contributed by atoms with van der Waals surface area (Å²) in [6, 6.07) is 1.66. The molecule has 2 heterocycles. The summed E-state index contributed by atoms with van der Waals surface area (Å²) in [5.74, 6) is -0.181. The van der Waals surface area contributed by atoms with E-state index < -0.39 is 0 Å². The van der Waals surface area contributed by atoms with Crippen LogP contribution >= 0.6 is 11.6 Å². The predicted octanol–water partition coefficient (Wildman–Crippen LogP) is 1.98. The van der Waals surface area contributed by atoms with Gasteiger partial charge < -0.3 is 4.90 Å². The van der Waals surface area contributed by atoms with Crippen molar-refractivity contribution >= 4 is 29.0 Å². The number of halogens is 1. The first-order valence-corrected chi connectivity index (χ1v) is 5.37. The lowest BCUT2D eigenvalue weighted by molar-refractivity contribution is -0.116. The van der Waals surface area contributed by atoms with Crippen LogP contribution in [0.4, 0.5) is 5.69 Å². The summed E-state index contributed by atoms with van der Waals surface area (Å²) in [4.78, 5) is 28.8. The molecule has 84 valence electrons. The quantitative estimate of drug-likeness (QED) is 0.695. The van der Waals surface area contributed by atoms with Crippen LogP contribution in [0.15, 0.2) is 6.07 Å². The van der Waals surface area contributed by atoms with Crippen molar-refractivity contribution in [2.45, 2.75) is 20.3 Å². The molecule has 5 heteroatoms. The number of amides is 1. The molecule has 1 aromatic heterocycles. The zero-order chi connectivity index (χ0) is 11.9. The molecule has 0 saturated heterocycles. The number of pyridine rings is 1. The van der Waals surface area contributed by atoms with Crippen molar-refractivity contribution in [3.63, 3.8) is 0 Å². The average Bonchev–Trinajstić information content (AvgIpc) is 2.19. The Kier molecular flexibility index (Phi) is 2.68. The molecule has 0 bridgehead atoms. The Balaban J connectivity index is 2.65. The highest BCUT2D eigenvalue weighted by Gasteiger charge is 2.29. The maximum absolute atomic E-state index is 11.7. The van der Waals surface area contributed by atoms with Gasteiger partial charge in [0.25, 0.3) is 0 Å². The van der Waals surface area contributed by atoms with Crippen LogP contribution in [0.3, 0.4) is 0 Å². The molecule has 4 nitrogen and oxygen atoms in total. The molecule has 2 rings (SSSR count). The zero-order valence-corrected chi connectivity index (χ0v) is 9.84. The summed E-state index contributed by atoms with van der Waals surface area (Å²) in [5.41, 5.74) is 1.45. The summed E-state index contributed by atoms with van der Waals surface area (Å²) in [5, 5.41) is 0.408. The summed E-state index contributed by atoms with van der Waals surface area (Å²) < 4.78 is 0. The predicted molar refractivity (Wildman–Crippen MR) is 61.0 cm³/mol. The third kappa shape index (κ3) is 1.69. The van der Waals surface area contributed by atoms with Gasteiger partial charge in [0.15, 0.2) is 5.78 Å². The van der Waals surface area contributed by atoms with Gasteiger partial charge in [-0.15, -0.1) is 0 Å². The number of Topliss-reactive ketones (excluding diaryl/α,β-unsaturated/α-hetero) is 1. The van der Waals surface area contributed by atoms with E-state index in [1.165, 1.54) is 11.8 Å². The summed E-state index contributed by atoms with van der Waals surface area (Å²) >= 11 is 6.07. The minimum absolute atomic E-state index is 0.0573. The van der Waals surface area contributed by atoms with Gasteiger partial charge in [0, 0.05) is 25.6 Å². The van der Waals surface area contributed by atoms with Crippen LogP contribution in [0.2, 0.25) is 5.02 Å². The van der Waals surface area contributed by atoms with Gasteiger partial charge in [-0.3, -0.25) is 9.59 Å². The van der Waals surface area contributed by atoms with Crippen LogP contribution < -0.4 is 4.90 Å². The fourth-order valence-corrected chi connectivity index (χ4v) is 2.19. The molecule has 0 atom stereocenters. The minimum atomic E-state index is -0.124. The fourth-order valence-electron chi connectivity index (χ4n) is 1.84. The maximum Gasteiger partial charge on any atom is 0.223 e. The summed E-state index contributed by atoms with van der Waals surface area (Å²) in [6.07, 6.45) is 0.305. The Morgan fingerprint density at radius 2 is 2.25 bits per heavy atom. The summed E-state index contributed by atoms with van der Waals surface area (Å²) in [6.45, 7) is 3.60. The van der Waals surface area contributed by atoms with Crippen LogP contribution in [-0.2, 0) is 4.79 Å². The van der Waals surface area contributed by atoms with Gasteiger partial charge >= 0.3 is 0 Å². The molecule has 0 aromatic carbocycles. The van der Waals surface area contributed by atoms with Crippen molar-refractivity contribution < 1.29 is 9.59 Å². The smallest absolute Gasteiger partial charge is 0.223 e. The van der Waals surface area contributed by atoms with E-state index in [0.29, 0.717) is 35.1 Å². The van der Waals surface area contributed by atoms with E-state index in [9.17, 15) is 9.59 Å². The molecule has 1 aromatic rings. The molecule has 0 aliphatic carbocycles. The molecule has 0 unspecified atom stereocenters. The van der Waals surface area contributed by atoms with Gasteiger partial charge in [-0.2, -0.15) is 0 Å². The van der Waals surface area contributed by atoms with Gasteiger partial charge in [-0.25, -0.2) is 4.98 Å². The van der Waals surface area contributed by atoms with E-state index in [1.54, 1.807) is 13.0 Å². The normalized spacial score (nSPS) is 14.9. The average molecular weight is 239 g/mol. The number of nitrogens with zero attached hydrogens (tertiary/aromatic N) is 2. The number of hydrogen-bond acceptors (Lipinski definition) is 3. The van der Waals surface area contributed by atoms with Crippen molar-refractivity contribution in [1.82, 2.24) is 4.98 Å². The lowest BCUT2D eigenvalue weighted by atomic mass is 10.1. The SMILES string of the molecule is CC(=O)N1CCC(=O)c2nc(C)cc(Cl)c21. The second kappa shape index (κ2) is 3.87. The molecule has 0 radical (unpaired) electrons. The molecular formula is C11H11ClN2O2. The zero-order valence-electron chi connectivity index (χ0n) is 9.08. The number of ketones is 1. The van der Waals surface area contributed by atoms with Gasteiger partial charge in [-0.1, -0.05) is 11.6 Å². The largest absolute Gasteiger partial charge is 0.309 e. The lowest BCUT2D eigenvalue weighted by Gasteiger charge is -2.28. The molecule has 1 aliphatic heterocycles. The second-order valence-corrected chi connectivity index (χ2v) is 4.19. The first kappa shape index (κ1) is 11.1. The lowest BCUT2D eigenvalue weighted by Crippen LogP contribution is -2.36. The van der Waals surface area contributed by atoms with Crippen molar-refractivity contribution in [3.05, 3.63) is 22.5 Å². The van der Waals surface area contributed by atoms with Crippen LogP contribution in [0.1, 0.15) is 29.5 Å². The van der Waals surface area contributed by atoms with Gasteiger partial charge in [0.1, 0.15) is 5.69 Å². The maximum atomic E-state index is 11.7. The first-order valence-electron chi connectivity index (χ1n) is 4.99. The Bertz CT molecular complexity index is 485.